The molecule has 0 amide bonds. The molecule has 1 atom stereocenters. The van der Waals surface area contributed by atoms with Crippen LogP contribution in [0.15, 0.2) is 42.2 Å². The minimum atomic E-state index is -0.0827. The third kappa shape index (κ3) is 3.57. The van der Waals surface area contributed by atoms with Crippen LogP contribution in [-0.2, 0) is 11.3 Å². The van der Waals surface area contributed by atoms with Gasteiger partial charge in [-0.15, -0.1) is 0 Å². The second kappa shape index (κ2) is 7.78. The van der Waals surface area contributed by atoms with Crippen LogP contribution in [0.5, 0.6) is 11.5 Å². The topological polar surface area (TPSA) is 51.2 Å². The Kier molecular flexibility index (Phi) is 4.97. The van der Waals surface area contributed by atoms with Gasteiger partial charge in [0.1, 0.15) is 18.2 Å². The Labute approximate surface area is 176 Å². The van der Waals surface area contributed by atoms with Crippen LogP contribution in [0.1, 0.15) is 34.3 Å². The first kappa shape index (κ1) is 19.2. The van der Waals surface area contributed by atoms with Crippen LogP contribution in [0.2, 0.25) is 0 Å². The third-order valence-electron chi connectivity index (χ3n) is 5.88. The summed E-state index contributed by atoms with van der Waals surface area (Å²) in [4.78, 5) is 17.2. The van der Waals surface area contributed by atoms with E-state index in [0.717, 1.165) is 48.6 Å². The van der Waals surface area contributed by atoms with Gasteiger partial charge in [-0.1, -0.05) is 12.1 Å². The summed E-state index contributed by atoms with van der Waals surface area (Å²) in [6, 6.07) is 11.7. The van der Waals surface area contributed by atoms with E-state index in [2.05, 4.69) is 4.90 Å². The molecule has 0 aromatic heterocycles. The van der Waals surface area contributed by atoms with Gasteiger partial charge in [0.05, 0.1) is 17.2 Å². The average molecular weight is 406 g/mol. The number of Topliss-reactive ketones (excluding diaryl/α,β-unsaturated/α-hetero) is 1. The van der Waals surface area contributed by atoms with Crippen molar-refractivity contribution >= 4 is 17.5 Å². The predicted octanol–water partition coefficient (Wildman–Crippen LogP) is 3.70. The Balaban J connectivity index is 1.38. The number of nitrogens with zero attached hydrogens (tertiary/aromatic N) is 2. The molecular formula is C24H26N2O4. The number of hydrogen-bond donors (Lipinski definition) is 0. The van der Waals surface area contributed by atoms with E-state index in [4.69, 9.17) is 14.2 Å². The highest BCUT2D eigenvalue weighted by molar-refractivity contribution is 6.15. The van der Waals surface area contributed by atoms with Gasteiger partial charge in [-0.3, -0.25) is 9.69 Å². The Hall–Kier alpha value is -2.83. The Morgan fingerprint density at radius 2 is 2.00 bits per heavy atom. The number of ketones is 1. The molecule has 0 aliphatic carbocycles. The number of allylic oxidation sites excluding steroid dienone is 1. The van der Waals surface area contributed by atoms with E-state index in [1.54, 1.807) is 0 Å². The average Bonchev–Trinajstić information content (AvgIpc) is 3.37. The van der Waals surface area contributed by atoms with Gasteiger partial charge in [0, 0.05) is 39.5 Å². The fourth-order valence-electron chi connectivity index (χ4n) is 4.22. The van der Waals surface area contributed by atoms with Crippen LogP contribution >= 0.6 is 0 Å². The van der Waals surface area contributed by atoms with E-state index in [1.807, 2.05) is 61.5 Å². The first-order valence-corrected chi connectivity index (χ1v) is 10.4. The van der Waals surface area contributed by atoms with Crippen molar-refractivity contribution in [3.05, 3.63) is 58.8 Å². The molecule has 2 aromatic carbocycles. The molecule has 156 valence electrons. The van der Waals surface area contributed by atoms with E-state index in [0.29, 0.717) is 30.3 Å². The summed E-state index contributed by atoms with van der Waals surface area (Å²) < 4.78 is 17.8. The molecule has 2 aromatic rings. The van der Waals surface area contributed by atoms with Gasteiger partial charge in [0.25, 0.3) is 0 Å². The maximum atomic E-state index is 12.9. The zero-order valence-corrected chi connectivity index (χ0v) is 17.4. The molecule has 3 aliphatic heterocycles. The van der Waals surface area contributed by atoms with Crippen LogP contribution in [-0.4, -0.2) is 50.8 Å². The van der Waals surface area contributed by atoms with Crippen molar-refractivity contribution in [1.82, 2.24) is 4.90 Å². The molecule has 3 aliphatic rings. The van der Waals surface area contributed by atoms with E-state index >= 15 is 0 Å². The zero-order chi connectivity index (χ0) is 20.7. The summed E-state index contributed by atoms with van der Waals surface area (Å²) in [5.41, 5.74) is 3.59. The molecule has 0 bridgehead atoms. The summed E-state index contributed by atoms with van der Waals surface area (Å²) in [5, 5.41) is 0. The Morgan fingerprint density at radius 1 is 1.17 bits per heavy atom. The minimum absolute atomic E-state index is 0.0827. The lowest BCUT2D eigenvalue weighted by Gasteiger charge is -2.31. The molecule has 0 N–H and O–H groups in total. The molecule has 3 heterocycles. The SMILES string of the molecule is CN(C)c1ccc(/C=C2\Oc3c(ccc4c3CN(CC3CCCO3)CO4)C2=O)cc1. The lowest BCUT2D eigenvalue weighted by molar-refractivity contribution is 0.0274. The van der Waals surface area contributed by atoms with Crippen molar-refractivity contribution in [2.75, 3.05) is 38.9 Å². The first-order chi connectivity index (χ1) is 14.6. The highest BCUT2D eigenvalue weighted by Crippen LogP contribution is 2.42. The summed E-state index contributed by atoms with van der Waals surface area (Å²) in [5.74, 6) is 1.69. The largest absolute Gasteiger partial charge is 0.478 e. The molecular weight excluding hydrogens is 380 g/mol. The lowest BCUT2D eigenvalue weighted by Crippen LogP contribution is -2.37. The number of hydrogen-bond acceptors (Lipinski definition) is 6. The first-order valence-electron chi connectivity index (χ1n) is 10.4. The normalized spacial score (nSPS) is 21.9. The van der Waals surface area contributed by atoms with Crippen molar-refractivity contribution in [2.45, 2.75) is 25.5 Å². The van der Waals surface area contributed by atoms with Gasteiger partial charge in [-0.2, -0.15) is 0 Å². The van der Waals surface area contributed by atoms with Crippen molar-refractivity contribution in [3.63, 3.8) is 0 Å². The lowest BCUT2D eigenvalue weighted by atomic mass is 10.0. The van der Waals surface area contributed by atoms with Crippen LogP contribution in [0.25, 0.3) is 6.08 Å². The molecule has 0 spiro atoms. The van der Waals surface area contributed by atoms with Crippen molar-refractivity contribution in [3.8, 4) is 11.5 Å². The second-order valence-electron chi connectivity index (χ2n) is 8.26. The van der Waals surface area contributed by atoms with Gasteiger partial charge < -0.3 is 19.1 Å². The molecule has 1 saturated heterocycles. The summed E-state index contributed by atoms with van der Waals surface area (Å²) in [6.07, 6.45) is 4.27. The van der Waals surface area contributed by atoms with Gasteiger partial charge in [0.2, 0.25) is 5.78 Å². The van der Waals surface area contributed by atoms with Crippen LogP contribution in [0.3, 0.4) is 0 Å². The maximum absolute atomic E-state index is 12.9. The van der Waals surface area contributed by atoms with Crippen molar-refractivity contribution in [2.24, 2.45) is 0 Å². The third-order valence-corrected chi connectivity index (χ3v) is 5.88. The zero-order valence-electron chi connectivity index (χ0n) is 17.4. The maximum Gasteiger partial charge on any atom is 0.231 e. The number of ether oxygens (including phenoxy) is 3. The smallest absolute Gasteiger partial charge is 0.231 e. The van der Waals surface area contributed by atoms with Crippen LogP contribution in [0, 0.1) is 0 Å². The number of rotatable bonds is 4. The summed E-state index contributed by atoms with van der Waals surface area (Å²) >= 11 is 0. The summed E-state index contributed by atoms with van der Waals surface area (Å²) in [6.45, 7) is 2.89. The molecule has 6 nitrogen and oxygen atoms in total. The predicted molar refractivity (Wildman–Crippen MR) is 115 cm³/mol. The molecule has 1 unspecified atom stereocenters. The molecule has 1 fully saturated rings. The van der Waals surface area contributed by atoms with E-state index < -0.39 is 0 Å². The van der Waals surface area contributed by atoms with E-state index in [9.17, 15) is 4.79 Å². The number of carbonyl (C=O) groups is 1. The number of fused-ring (bicyclic) bond motifs is 3. The van der Waals surface area contributed by atoms with Gasteiger partial charge in [-0.05, 0) is 48.7 Å². The standard InChI is InChI=1S/C24H26N2O4/c1-25(2)17-7-5-16(6-8-17)12-22-23(27)19-9-10-21-20(24(19)30-22)14-26(15-29-21)13-18-4-3-11-28-18/h5-10,12,18H,3-4,11,13-15H2,1-2H3/b22-12-. The van der Waals surface area contributed by atoms with Crippen LogP contribution < -0.4 is 14.4 Å². The van der Waals surface area contributed by atoms with Gasteiger partial charge >= 0.3 is 0 Å². The second-order valence-corrected chi connectivity index (χ2v) is 8.26. The van der Waals surface area contributed by atoms with E-state index in [-0.39, 0.29) is 11.9 Å². The van der Waals surface area contributed by atoms with Crippen LogP contribution in [0.4, 0.5) is 5.69 Å². The Morgan fingerprint density at radius 3 is 2.73 bits per heavy atom. The molecule has 5 rings (SSSR count). The minimum Gasteiger partial charge on any atom is -0.478 e. The molecule has 0 radical (unpaired) electrons. The highest BCUT2D eigenvalue weighted by Gasteiger charge is 2.34. The van der Waals surface area contributed by atoms with Gasteiger partial charge in [-0.25, -0.2) is 0 Å². The van der Waals surface area contributed by atoms with Gasteiger partial charge in [0.15, 0.2) is 5.76 Å². The monoisotopic (exact) mass is 406 g/mol. The highest BCUT2D eigenvalue weighted by atomic mass is 16.5. The quantitative estimate of drug-likeness (QED) is 0.722. The fraction of sp³-hybridized carbons (Fsp3) is 0.375. The summed E-state index contributed by atoms with van der Waals surface area (Å²) in [7, 11) is 4.00. The number of carbonyl (C=O) groups excluding carboxylic acids is 1. The molecule has 30 heavy (non-hydrogen) atoms. The Bertz CT molecular complexity index is 991. The van der Waals surface area contributed by atoms with E-state index in [1.165, 1.54) is 0 Å². The number of anilines is 1. The fourth-order valence-corrected chi connectivity index (χ4v) is 4.22. The molecule has 0 saturated carbocycles. The molecule has 6 heteroatoms. The number of benzene rings is 2. The van der Waals surface area contributed by atoms with Crippen molar-refractivity contribution < 1.29 is 19.0 Å². The van der Waals surface area contributed by atoms with Crippen molar-refractivity contribution in [1.29, 1.82) is 0 Å².